The molecule has 0 unspecified atom stereocenters. The van der Waals surface area contributed by atoms with E-state index in [0.717, 1.165) is 39.0 Å². The summed E-state index contributed by atoms with van der Waals surface area (Å²) in [5.74, 6) is 2.39. The number of thiazole rings is 1. The van der Waals surface area contributed by atoms with Gasteiger partial charge >= 0.3 is 0 Å². The highest BCUT2D eigenvalue weighted by Gasteiger charge is 2.15. The Hall–Kier alpha value is -3.25. The van der Waals surface area contributed by atoms with E-state index >= 15 is 0 Å². The summed E-state index contributed by atoms with van der Waals surface area (Å²) in [5, 5.41) is 2.08. The van der Waals surface area contributed by atoms with E-state index in [1.807, 2.05) is 54.6 Å². The van der Waals surface area contributed by atoms with E-state index in [-0.39, 0.29) is 6.79 Å². The molecule has 134 valence electrons. The zero-order valence-electron chi connectivity index (χ0n) is 14.4. The molecule has 0 amide bonds. The number of benzene rings is 2. The summed E-state index contributed by atoms with van der Waals surface area (Å²) in [6.07, 6.45) is 1.69. The monoisotopic (exact) mass is 376 g/mol. The smallest absolute Gasteiger partial charge is 0.231 e. The summed E-state index contributed by atoms with van der Waals surface area (Å²) < 4.78 is 18.7. The topological polar surface area (TPSA) is 48.9 Å². The van der Waals surface area contributed by atoms with Crippen molar-refractivity contribution in [3.63, 3.8) is 0 Å². The summed E-state index contributed by atoms with van der Waals surface area (Å²) in [5.41, 5.74) is 3.03. The highest BCUT2D eigenvalue weighted by atomic mass is 32.1. The maximum atomic E-state index is 5.63. The van der Waals surface area contributed by atoms with Crippen LogP contribution < -0.4 is 14.3 Å². The van der Waals surface area contributed by atoms with Crippen LogP contribution in [0, 0.1) is 0 Å². The van der Waals surface area contributed by atoms with Gasteiger partial charge in [-0.15, -0.1) is 11.3 Å². The Bertz CT molecular complexity index is 1130. The van der Waals surface area contributed by atoms with Crippen LogP contribution in [0.4, 0.5) is 5.69 Å². The molecule has 3 heterocycles. The second-order valence-corrected chi connectivity index (χ2v) is 6.94. The molecule has 2 aromatic carbocycles. The minimum Gasteiger partial charge on any atom is -0.463 e. The third-order valence-electron chi connectivity index (χ3n) is 4.33. The summed E-state index contributed by atoms with van der Waals surface area (Å²) in [7, 11) is 0. The number of hydrogen-bond acceptors (Lipinski definition) is 5. The first-order chi connectivity index (χ1) is 13.4. The predicted octanol–water partition coefficient (Wildman–Crippen LogP) is 4.82. The Balaban J connectivity index is 1.60. The van der Waals surface area contributed by atoms with Crippen LogP contribution in [0.2, 0.25) is 0 Å². The molecule has 1 aliphatic heterocycles. The first-order valence-electron chi connectivity index (χ1n) is 8.57. The molecule has 2 aromatic heterocycles. The number of rotatable bonds is 4. The van der Waals surface area contributed by atoms with Gasteiger partial charge in [-0.05, 0) is 42.0 Å². The van der Waals surface area contributed by atoms with Crippen molar-refractivity contribution in [1.29, 1.82) is 0 Å². The largest absolute Gasteiger partial charge is 0.463 e. The Morgan fingerprint density at radius 1 is 0.963 bits per heavy atom. The SMILES string of the molecule is c1ccc(N=c2scc(-c3ccco3)n2Cc2ccc3c(c2)OCO3)cc1. The van der Waals surface area contributed by atoms with Crippen LogP contribution in [-0.4, -0.2) is 11.4 Å². The van der Waals surface area contributed by atoms with E-state index < -0.39 is 0 Å². The van der Waals surface area contributed by atoms with E-state index in [9.17, 15) is 0 Å². The van der Waals surface area contributed by atoms with Gasteiger partial charge in [-0.3, -0.25) is 0 Å². The molecule has 0 aliphatic carbocycles. The summed E-state index contributed by atoms with van der Waals surface area (Å²) in [6.45, 7) is 0.929. The van der Waals surface area contributed by atoms with Gasteiger partial charge in [0.15, 0.2) is 22.1 Å². The Labute approximate surface area is 159 Å². The number of aromatic nitrogens is 1. The van der Waals surface area contributed by atoms with Crippen molar-refractivity contribution in [3.8, 4) is 23.0 Å². The molecular weight excluding hydrogens is 360 g/mol. The molecule has 0 atom stereocenters. The number of hydrogen-bond donors (Lipinski definition) is 0. The second kappa shape index (κ2) is 6.81. The molecule has 0 N–H and O–H groups in total. The van der Waals surface area contributed by atoms with Crippen molar-refractivity contribution < 1.29 is 13.9 Å². The van der Waals surface area contributed by atoms with Crippen molar-refractivity contribution in [3.05, 3.63) is 82.7 Å². The number of ether oxygens (including phenoxy) is 2. The third-order valence-corrected chi connectivity index (χ3v) is 5.19. The molecule has 1 aliphatic rings. The molecule has 0 saturated carbocycles. The molecule has 5 nitrogen and oxygen atoms in total. The Morgan fingerprint density at radius 2 is 1.85 bits per heavy atom. The van der Waals surface area contributed by atoms with Crippen molar-refractivity contribution in [1.82, 2.24) is 4.57 Å². The first-order valence-corrected chi connectivity index (χ1v) is 9.45. The van der Waals surface area contributed by atoms with Crippen molar-refractivity contribution >= 4 is 17.0 Å². The van der Waals surface area contributed by atoms with Crippen LogP contribution in [0.25, 0.3) is 11.5 Å². The molecule has 27 heavy (non-hydrogen) atoms. The zero-order chi connectivity index (χ0) is 18.1. The maximum absolute atomic E-state index is 5.63. The van der Waals surface area contributed by atoms with Gasteiger partial charge in [-0.1, -0.05) is 24.3 Å². The number of nitrogens with zero attached hydrogens (tertiary/aromatic N) is 2. The van der Waals surface area contributed by atoms with Crippen LogP contribution in [0.3, 0.4) is 0 Å². The van der Waals surface area contributed by atoms with E-state index in [1.165, 1.54) is 0 Å². The van der Waals surface area contributed by atoms with E-state index in [2.05, 4.69) is 16.0 Å². The molecule has 0 fully saturated rings. The minimum atomic E-state index is 0.274. The molecular formula is C21H16N2O3S. The van der Waals surface area contributed by atoms with Gasteiger partial charge in [0.25, 0.3) is 0 Å². The fraction of sp³-hybridized carbons (Fsp3) is 0.0952. The van der Waals surface area contributed by atoms with Crippen molar-refractivity contribution in [2.45, 2.75) is 6.54 Å². The summed E-state index contributed by atoms with van der Waals surface area (Å²) >= 11 is 1.59. The van der Waals surface area contributed by atoms with Crippen molar-refractivity contribution in [2.24, 2.45) is 4.99 Å². The number of fused-ring (bicyclic) bond motifs is 1. The Kier molecular flexibility index (Phi) is 4.03. The summed E-state index contributed by atoms with van der Waals surface area (Å²) in [6, 6.07) is 19.8. The zero-order valence-corrected chi connectivity index (χ0v) is 15.2. The average Bonchev–Trinajstić information content (AvgIpc) is 3.44. The van der Waals surface area contributed by atoms with Gasteiger partial charge in [-0.2, -0.15) is 0 Å². The lowest BCUT2D eigenvalue weighted by molar-refractivity contribution is 0.174. The fourth-order valence-electron chi connectivity index (χ4n) is 3.03. The van der Waals surface area contributed by atoms with E-state index in [0.29, 0.717) is 6.54 Å². The molecule has 5 rings (SSSR count). The highest BCUT2D eigenvalue weighted by Crippen LogP contribution is 2.33. The van der Waals surface area contributed by atoms with E-state index in [4.69, 9.17) is 18.9 Å². The third kappa shape index (κ3) is 3.15. The quantitative estimate of drug-likeness (QED) is 0.513. The lowest BCUT2D eigenvalue weighted by Gasteiger charge is -2.08. The van der Waals surface area contributed by atoms with Gasteiger partial charge < -0.3 is 18.5 Å². The molecule has 4 aromatic rings. The fourth-order valence-corrected chi connectivity index (χ4v) is 3.94. The van der Waals surface area contributed by atoms with Crippen LogP contribution in [0.5, 0.6) is 11.5 Å². The number of furan rings is 1. The predicted molar refractivity (Wildman–Crippen MR) is 103 cm³/mol. The standard InChI is InChI=1S/C21H16N2O3S/c1-2-5-16(6-3-1)22-21-23(17(13-27-21)18-7-4-10-24-18)12-15-8-9-19-20(11-15)26-14-25-19/h1-11,13H,12,14H2. The lowest BCUT2D eigenvalue weighted by Crippen LogP contribution is -2.16. The van der Waals surface area contributed by atoms with E-state index in [1.54, 1.807) is 17.6 Å². The van der Waals surface area contributed by atoms with Gasteiger partial charge in [0.2, 0.25) is 6.79 Å². The number of para-hydroxylation sites is 1. The molecule has 0 saturated heterocycles. The molecule has 6 heteroatoms. The first kappa shape index (κ1) is 16.0. The van der Waals surface area contributed by atoms with Gasteiger partial charge in [0.1, 0.15) is 0 Å². The van der Waals surface area contributed by atoms with Gasteiger partial charge in [0.05, 0.1) is 24.2 Å². The van der Waals surface area contributed by atoms with Crippen LogP contribution in [-0.2, 0) is 6.54 Å². The molecule has 0 bridgehead atoms. The minimum absolute atomic E-state index is 0.274. The van der Waals surface area contributed by atoms with Crippen LogP contribution in [0.1, 0.15) is 5.56 Å². The van der Waals surface area contributed by atoms with Crippen LogP contribution in [0.15, 0.2) is 81.7 Å². The lowest BCUT2D eigenvalue weighted by atomic mass is 10.2. The summed E-state index contributed by atoms with van der Waals surface area (Å²) in [4.78, 5) is 5.73. The van der Waals surface area contributed by atoms with Gasteiger partial charge in [-0.25, -0.2) is 4.99 Å². The molecule has 0 radical (unpaired) electrons. The van der Waals surface area contributed by atoms with Gasteiger partial charge in [0, 0.05) is 5.38 Å². The van der Waals surface area contributed by atoms with Crippen LogP contribution >= 0.6 is 11.3 Å². The Morgan fingerprint density at radius 3 is 2.70 bits per heavy atom. The van der Waals surface area contributed by atoms with Crippen molar-refractivity contribution in [2.75, 3.05) is 6.79 Å². The average molecular weight is 376 g/mol. The normalized spacial score (nSPS) is 13.3. The second-order valence-electron chi connectivity index (χ2n) is 6.10. The highest BCUT2D eigenvalue weighted by molar-refractivity contribution is 7.07. The maximum Gasteiger partial charge on any atom is 0.231 e. The molecule has 0 spiro atoms.